The third-order valence-electron chi connectivity index (χ3n) is 5.20. The molecule has 0 amide bonds. The summed E-state index contributed by atoms with van der Waals surface area (Å²) < 4.78 is 5.92. The smallest absolute Gasteiger partial charge is 0.127 e. The third kappa shape index (κ3) is 4.83. The highest BCUT2D eigenvalue weighted by molar-refractivity contribution is 6.31. The predicted molar refractivity (Wildman–Crippen MR) is 116 cm³/mol. The Balaban J connectivity index is 1.88. The van der Waals surface area contributed by atoms with Crippen molar-refractivity contribution in [3.8, 4) is 5.75 Å². The number of ether oxygens (including phenoxy) is 1. The summed E-state index contributed by atoms with van der Waals surface area (Å²) in [6.45, 7) is 6.30. The van der Waals surface area contributed by atoms with E-state index in [1.807, 2.05) is 51.1 Å². The highest BCUT2D eigenvalue weighted by atomic mass is 35.5. The molecule has 1 aromatic heterocycles. The Hall–Kier alpha value is -2.72. The van der Waals surface area contributed by atoms with Gasteiger partial charge in [-0.3, -0.25) is 4.98 Å². The zero-order chi connectivity index (χ0) is 21.0. The van der Waals surface area contributed by atoms with Crippen molar-refractivity contribution < 1.29 is 14.3 Å². The van der Waals surface area contributed by atoms with Crippen LogP contribution in [-0.2, 0) is 16.2 Å². The van der Waals surface area contributed by atoms with E-state index >= 15 is 0 Å². The second-order valence-electron chi connectivity index (χ2n) is 7.32. The summed E-state index contributed by atoms with van der Waals surface area (Å²) >= 11 is 6.17. The van der Waals surface area contributed by atoms with Gasteiger partial charge in [-0.1, -0.05) is 17.7 Å². The molecule has 0 spiro atoms. The SMILES string of the molecule is Cc1ccc(OCc2cc3nc(C)c(C(C=O)CCC=O)cc3cc2C)cc1Cl. The Morgan fingerprint density at radius 3 is 2.55 bits per heavy atom. The fourth-order valence-corrected chi connectivity index (χ4v) is 3.56. The number of carbonyl (C=O) groups excluding carboxylic acids is 2. The maximum Gasteiger partial charge on any atom is 0.127 e. The van der Waals surface area contributed by atoms with Crippen LogP contribution >= 0.6 is 11.6 Å². The number of benzene rings is 2. The molecule has 0 bridgehead atoms. The van der Waals surface area contributed by atoms with Gasteiger partial charge in [0, 0.05) is 28.4 Å². The predicted octanol–water partition coefficient (Wildman–Crippen LogP) is 5.65. The molecule has 29 heavy (non-hydrogen) atoms. The highest BCUT2D eigenvalue weighted by Crippen LogP contribution is 2.28. The summed E-state index contributed by atoms with van der Waals surface area (Å²) in [5.74, 6) is 0.412. The van der Waals surface area contributed by atoms with Crippen LogP contribution in [-0.4, -0.2) is 17.6 Å². The first-order valence-corrected chi connectivity index (χ1v) is 9.99. The van der Waals surface area contributed by atoms with E-state index in [1.165, 1.54) is 0 Å². The number of carbonyl (C=O) groups is 2. The number of pyridine rings is 1. The number of halogens is 1. The standard InChI is InChI=1S/C24H24ClNO3/c1-15-6-7-21(12-23(15)25)29-14-20-11-24-19(9-16(20)2)10-22(17(3)26-24)18(13-28)5-4-8-27/h6-13,18H,4-5,14H2,1-3H3. The van der Waals surface area contributed by atoms with Crippen molar-refractivity contribution in [1.29, 1.82) is 0 Å². The molecule has 0 aliphatic carbocycles. The van der Waals surface area contributed by atoms with Gasteiger partial charge >= 0.3 is 0 Å². The Bertz CT molecular complexity index is 1060. The van der Waals surface area contributed by atoms with Gasteiger partial charge in [0.1, 0.15) is 24.9 Å². The summed E-state index contributed by atoms with van der Waals surface area (Å²) in [5, 5.41) is 1.66. The van der Waals surface area contributed by atoms with Crippen LogP contribution in [0.2, 0.25) is 5.02 Å². The van der Waals surface area contributed by atoms with Gasteiger partial charge in [0.2, 0.25) is 0 Å². The van der Waals surface area contributed by atoms with Gasteiger partial charge in [0.15, 0.2) is 0 Å². The average Bonchev–Trinajstić information content (AvgIpc) is 2.70. The van der Waals surface area contributed by atoms with Crippen molar-refractivity contribution >= 4 is 35.1 Å². The van der Waals surface area contributed by atoms with Crippen molar-refractivity contribution in [2.24, 2.45) is 0 Å². The molecule has 0 aliphatic heterocycles. The first-order chi connectivity index (χ1) is 13.9. The molecule has 1 unspecified atom stereocenters. The number of fused-ring (bicyclic) bond motifs is 1. The number of aromatic nitrogens is 1. The van der Waals surface area contributed by atoms with E-state index in [1.54, 1.807) is 0 Å². The quantitative estimate of drug-likeness (QED) is 0.451. The van der Waals surface area contributed by atoms with Gasteiger partial charge in [0.25, 0.3) is 0 Å². The molecule has 0 fully saturated rings. The molecule has 0 aliphatic rings. The summed E-state index contributed by atoms with van der Waals surface area (Å²) in [7, 11) is 0. The lowest BCUT2D eigenvalue weighted by Gasteiger charge is -2.15. The van der Waals surface area contributed by atoms with Gasteiger partial charge in [-0.05, 0) is 79.8 Å². The zero-order valence-corrected chi connectivity index (χ0v) is 17.6. The van der Waals surface area contributed by atoms with Crippen LogP contribution in [0.25, 0.3) is 10.9 Å². The van der Waals surface area contributed by atoms with E-state index in [2.05, 4.69) is 6.07 Å². The molecule has 0 N–H and O–H groups in total. The van der Waals surface area contributed by atoms with Gasteiger partial charge in [-0.2, -0.15) is 0 Å². The number of aryl methyl sites for hydroxylation is 3. The van der Waals surface area contributed by atoms with Crippen LogP contribution in [0, 0.1) is 20.8 Å². The lowest BCUT2D eigenvalue weighted by molar-refractivity contribution is -0.109. The van der Waals surface area contributed by atoms with Crippen LogP contribution in [0.4, 0.5) is 0 Å². The van der Waals surface area contributed by atoms with Gasteiger partial charge in [0.05, 0.1) is 5.52 Å². The summed E-state index contributed by atoms with van der Waals surface area (Å²) in [5.41, 5.74) is 5.69. The summed E-state index contributed by atoms with van der Waals surface area (Å²) in [6, 6.07) is 11.8. The van der Waals surface area contributed by atoms with Crippen molar-refractivity contribution in [3.63, 3.8) is 0 Å². The molecule has 4 nitrogen and oxygen atoms in total. The van der Waals surface area contributed by atoms with Crippen molar-refractivity contribution in [2.45, 2.75) is 46.1 Å². The zero-order valence-electron chi connectivity index (χ0n) is 16.9. The maximum atomic E-state index is 11.5. The Labute approximate surface area is 175 Å². The monoisotopic (exact) mass is 409 g/mol. The Morgan fingerprint density at radius 1 is 1.07 bits per heavy atom. The van der Waals surface area contributed by atoms with Crippen LogP contribution < -0.4 is 4.74 Å². The highest BCUT2D eigenvalue weighted by Gasteiger charge is 2.15. The number of hydrogen-bond donors (Lipinski definition) is 0. The molecule has 0 saturated carbocycles. The Kier molecular flexibility index (Phi) is 6.65. The van der Waals surface area contributed by atoms with Crippen molar-refractivity contribution in [1.82, 2.24) is 4.98 Å². The van der Waals surface area contributed by atoms with Crippen molar-refractivity contribution in [3.05, 3.63) is 69.4 Å². The number of aldehydes is 2. The average molecular weight is 410 g/mol. The molecular formula is C24H24ClNO3. The van der Waals surface area contributed by atoms with E-state index in [-0.39, 0.29) is 5.92 Å². The van der Waals surface area contributed by atoms with Crippen molar-refractivity contribution in [2.75, 3.05) is 0 Å². The first kappa shape index (κ1) is 21.0. The maximum absolute atomic E-state index is 11.5. The molecule has 150 valence electrons. The molecule has 1 heterocycles. The third-order valence-corrected chi connectivity index (χ3v) is 5.61. The summed E-state index contributed by atoms with van der Waals surface area (Å²) in [4.78, 5) is 26.9. The minimum atomic E-state index is -0.313. The molecular weight excluding hydrogens is 386 g/mol. The van der Waals surface area contributed by atoms with Gasteiger partial charge in [-0.15, -0.1) is 0 Å². The van der Waals surface area contributed by atoms with Gasteiger partial charge < -0.3 is 14.3 Å². The molecule has 2 aromatic carbocycles. The number of hydrogen-bond acceptors (Lipinski definition) is 4. The molecule has 1 atom stereocenters. The number of nitrogens with zero attached hydrogens (tertiary/aromatic N) is 1. The van der Waals surface area contributed by atoms with E-state index < -0.39 is 0 Å². The summed E-state index contributed by atoms with van der Waals surface area (Å²) in [6.07, 6.45) is 2.61. The molecule has 3 rings (SSSR count). The first-order valence-electron chi connectivity index (χ1n) is 9.61. The second-order valence-corrected chi connectivity index (χ2v) is 7.73. The number of rotatable bonds is 8. The molecule has 0 radical (unpaired) electrons. The van der Waals surface area contributed by atoms with E-state index in [0.29, 0.717) is 24.5 Å². The minimum Gasteiger partial charge on any atom is -0.489 e. The van der Waals surface area contributed by atoms with E-state index in [9.17, 15) is 9.59 Å². The fourth-order valence-electron chi connectivity index (χ4n) is 3.39. The van der Waals surface area contributed by atoms with E-state index in [4.69, 9.17) is 21.3 Å². The van der Waals surface area contributed by atoms with Crippen LogP contribution in [0.3, 0.4) is 0 Å². The molecule has 3 aromatic rings. The lowest BCUT2D eigenvalue weighted by Crippen LogP contribution is -2.06. The van der Waals surface area contributed by atoms with Crippen LogP contribution in [0.5, 0.6) is 5.75 Å². The van der Waals surface area contributed by atoms with Crippen LogP contribution in [0.15, 0.2) is 36.4 Å². The molecule has 5 heteroatoms. The fraction of sp³-hybridized carbons (Fsp3) is 0.292. The Morgan fingerprint density at radius 2 is 1.86 bits per heavy atom. The molecule has 0 saturated heterocycles. The largest absolute Gasteiger partial charge is 0.489 e. The second kappa shape index (κ2) is 9.19. The van der Waals surface area contributed by atoms with Crippen LogP contribution in [0.1, 0.15) is 46.7 Å². The normalized spacial score (nSPS) is 12.0. The van der Waals surface area contributed by atoms with Gasteiger partial charge in [-0.25, -0.2) is 0 Å². The van der Waals surface area contributed by atoms with E-state index in [0.717, 1.165) is 57.2 Å². The minimum absolute atomic E-state index is 0.313. The topological polar surface area (TPSA) is 56.3 Å². The lowest BCUT2D eigenvalue weighted by atomic mass is 9.93.